The maximum Gasteiger partial charge on any atom is 0.328 e. The Morgan fingerprint density at radius 2 is 2.11 bits per heavy atom. The quantitative estimate of drug-likeness (QED) is 0.535. The highest BCUT2D eigenvalue weighted by Gasteiger charge is 2.27. The number of carbonyl (C=O) groups excluding carboxylic acids is 3. The molecule has 2 aromatic heterocycles. The fourth-order valence-corrected chi connectivity index (χ4v) is 3.67. The van der Waals surface area contributed by atoms with Crippen LogP contribution in [0.2, 0.25) is 0 Å². The second kappa shape index (κ2) is 11.1. The third-order valence-corrected chi connectivity index (χ3v) is 6.09. The number of hydrogen-bond donors (Lipinski definition) is 2. The number of fused-ring (bicyclic) bond motifs is 1. The molecule has 0 saturated heterocycles. The molecule has 0 radical (unpaired) electrons. The molecule has 2 aromatic rings. The zero-order valence-electron chi connectivity index (χ0n) is 21.2. The van der Waals surface area contributed by atoms with Crippen LogP contribution in [0, 0.1) is 11.3 Å². The summed E-state index contributed by atoms with van der Waals surface area (Å²) in [5.41, 5.74) is 2.04. The lowest BCUT2D eigenvalue weighted by atomic mass is 10.0. The van der Waals surface area contributed by atoms with Crippen molar-refractivity contribution in [3.8, 4) is 6.07 Å². The van der Waals surface area contributed by atoms with Gasteiger partial charge in [-0.2, -0.15) is 5.26 Å². The van der Waals surface area contributed by atoms with Crippen molar-refractivity contribution in [1.82, 2.24) is 14.9 Å². The van der Waals surface area contributed by atoms with Crippen LogP contribution in [0.3, 0.4) is 0 Å². The molecule has 0 atom stereocenters. The van der Waals surface area contributed by atoms with Crippen molar-refractivity contribution in [3.63, 3.8) is 0 Å². The van der Waals surface area contributed by atoms with Gasteiger partial charge in [0.15, 0.2) is 6.29 Å². The molecule has 0 fully saturated rings. The van der Waals surface area contributed by atoms with Gasteiger partial charge in [-0.1, -0.05) is 0 Å². The van der Waals surface area contributed by atoms with E-state index in [0.29, 0.717) is 54.8 Å². The Hall–Kier alpha value is -4.04. The lowest BCUT2D eigenvalue weighted by molar-refractivity contribution is -0.128. The number of pyridine rings is 2. The molecule has 0 saturated carbocycles. The monoisotopic (exact) mass is 493 g/mol. The topological polar surface area (TPSA) is 141 Å². The number of carbonyl (C=O) groups is 3. The lowest BCUT2D eigenvalue weighted by Gasteiger charge is -2.29. The second-order valence-electron chi connectivity index (χ2n) is 9.24. The molecule has 0 aromatic carbocycles. The molecule has 0 bridgehead atoms. The minimum atomic E-state index is -0.461. The van der Waals surface area contributed by atoms with E-state index in [1.165, 1.54) is 22.9 Å². The van der Waals surface area contributed by atoms with Gasteiger partial charge in [0.25, 0.3) is 0 Å². The van der Waals surface area contributed by atoms with Gasteiger partial charge in [-0.15, -0.1) is 0 Å². The normalized spacial score (nSPS) is 12.8. The standard InChI is InChI=1S/C25H31N7O4/c1-16(34)31(4)13-18-9-17-7-6-8-32(23(17)29-21(18)14-33)24(35)30-22-10-20(19(11-26)12-27-22)28-15-25(2,3)36-5/h9-10,12,14H,6-8,13,15H2,1-5H3,(H2,27,28,30,35). The number of aldehydes is 1. The molecule has 36 heavy (non-hydrogen) atoms. The molecule has 1 aliphatic heterocycles. The molecule has 0 unspecified atom stereocenters. The van der Waals surface area contributed by atoms with Gasteiger partial charge in [0, 0.05) is 58.5 Å². The maximum absolute atomic E-state index is 13.2. The molecule has 0 spiro atoms. The van der Waals surface area contributed by atoms with Gasteiger partial charge in [-0.05, 0) is 38.3 Å². The van der Waals surface area contributed by atoms with Gasteiger partial charge in [-0.3, -0.25) is 19.8 Å². The number of methoxy groups -OCH3 is 1. The molecule has 2 N–H and O–H groups in total. The number of nitriles is 1. The SMILES string of the molecule is COC(C)(C)CNc1cc(NC(=O)N2CCCc3cc(CN(C)C(C)=O)c(C=O)nc32)ncc1C#N. The highest BCUT2D eigenvalue weighted by Crippen LogP contribution is 2.28. The smallest absolute Gasteiger partial charge is 0.328 e. The van der Waals surface area contributed by atoms with Crippen molar-refractivity contribution in [1.29, 1.82) is 5.26 Å². The molecule has 11 nitrogen and oxygen atoms in total. The Labute approximate surface area is 210 Å². The van der Waals surface area contributed by atoms with Crippen LogP contribution in [0.1, 0.15) is 54.4 Å². The molecular weight excluding hydrogens is 462 g/mol. The zero-order valence-corrected chi connectivity index (χ0v) is 21.2. The first-order valence-corrected chi connectivity index (χ1v) is 11.6. The Morgan fingerprint density at radius 3 is 2.75 bits per heavy atom. The van der Waals surface area contributed by atoms with E-state index in [1.807, 2.05) is 19.9 Å². The summed E-state index contributed by atoms with van der Waals surface area (Å²) in [6.07, 6.45) is 3.43. The molecule has 1 aliphatic rings. The number of aromatic nitrogens is 2. The van der Waals surface area contributed by atoms with Gasteiger partial charge in [0.2, 0.25) is 5.91 Å². The summed E-state index contributed by atoms with van der Waals surface area (Å²) >= 11 is 0. The maximum atomic E-state index is 13.2. The zero-order chi connectivity index (χ0) is 26.5. The first-order valence-electron chi connectivity index (χ1n) is 11.6. The first kappa shape index (κ1) is 26.6. The number of ether oxygens (including phenoxy) is 1. The summed E-state index contributed by atoms with van der Waals surface area (Å²) in [6, 6.07) is 5.07. The van der Waals surface area contributed by atoms with Crippen molar-refractivity contribution in [2.45, 2.75) is 45.8 Å². The largest absolute Gasteiger partial charge is 0.381 e. The van der Waals surface area contributed by atoms with Crippen LogP contribution >= 0.6 is 0 Å². The number of anilines is 3. The number of nitrogens with one attached hydrogen (secondary N) is 2. The van der Waals surface area contributed by atoms with E-state index in [1.54, 1.807) is 20.2 Å². The van der Waals surface area contributed by atoms with Crippen molar-refractivity contribution in [2.75, 3.05) is 42.8 Å². The predicted molar refractivity (Wildman–Crippen MR) is 135 cm³/mol. The van der Waals surface area contributed by atoms with E-state index in [9.17, 15) is 19.6 Å². The average molecular weight is 494 g/mol. The first-order chi connectivity index (χ1) is 17.1. The van der Waals surface area contributed by atoms with Gasteiger partial charge < -0.3 is 15.0 Å². The Balaban J connectivity index is 1.84. The number of rotatable bonds is 8. The van der Waals surface area contributed by atoms with Gasteiger partial charge in [0.1, 0.15) is 23.4 Å². The molecule has 190 valence electrons. The summed E-state index contributed by atoms with van der Waals surface area (Å²) in [6.45, 7) is 6.38. The predicted octanol–water partition coefficient (Wildman–Crippen LogP) is 2.96. The summed E-state index contributed by atoms with van der Waals surface area (Å²) in [5.74, 6) is 0.545. The summed E-state index contributed by atoms with van der Waals surface area (Å²) in [5, 5.41) is 15.4. The third kappa shape index (κ3) is 6.14. The second-order valence-corrected chi connectivity index (χ2v) is 9.24. The molecule has 0 aliphatic carbocycles. The van der Waals surface area contributed by atoms with E-state index in [0.717, 1.165) is 5.56 Å². The lowest BCUT2D eigenvalue weighted by Crippen LogP contribution is -2.40. The van der Waals surface area contributed by atoms with Crippen LogP contribution in [0.25, 0.3) is 0 Å². The van der Waals surface area contributed by atoms with Crippen LogP contribution in [0.5, 0.6) is 0 Å². The van der Waals surface area contributed by atoms with Crippen molar-refractivity contribution in [2.24, 2.45) is 0 Å². The minimum Gasteiger partial charge on any atom is -0.381 e. The van der Waals surface area contributed by atoms with E-state index in [-0.39, 0.29) is 24.0 Å². The third-order valence-electron chi connectivity index (χ3n) is 6.09. The van der Waals surface area contributed by atoms with Crippen LogP contribution in [0.15, 0.2) is 18.3 Å². The van der Waals surface area contributed by atoms with E-state index < -0.39 is 11.6 Å². The number of urea groups is 1. The number of amides is 3. The molecule has 3 amide bonds. The molecular formula is C25H31N7O4. The Kier molecular flexibility index (Phi) is 8.22. The van der Waals surface area contributed by atoms with E-state index in [2.05, 4.69) is 26.7 Å². The number of aryl methyl sites for hydroxylation is 1. The summed E-state index contributed by atoms with van der Waals surface area (Å²) < 4.78 is 5.41. The Morgan fingerprint density at radius 1 is 1.36 bits per heavy atom. The van der Waals surface area contributed by atoms with Crippen molar-refractivity contribution in [3.05, 3.63) is 40.7 Å². The Bertz CT molecular complexity index is 1210. The van der Waals surface area contributed by atoms with E-state index >= 15 is 0 Å². The average Bonchev–Trinajstić information content (AvgIpc) is 2.86. The molecule has 3 rings (SSSR count). The minimum absolute atomic E-state index is 0.125. The highest BCUT2D eigenvalue weighted by atomic mass is 16.5. The van der Waals surface area contributed by atoms with E-state index in [4.69, 9.17) is 4.74 Å². The summed E-state index contributed by atoms with van der Waals surface area (Å²) in [4.78, 5) is 48.2. The summed E-state index contributed by atoms with van der Waals surface area (Å²) in [7, 11) is 3.26. The molecule has 3 heterocycles. The van der Waals surface area contributed by atoms with Crippen LogP contribution < -0.4 is 15.5 Å². The number of hydrogen-bond acceptors (Lipinski definition) is 8. The van der Waals surface area contributed by atoms with Gasteiger partial charge in [-0.25, -0.2) is 14.8 Å². The fraction of sp³-hybridized carbons (Fsp3) is 0.440. The van der Waals surface area contributed by atoms with Crippen LogP contribution in [-0.2, 0) is 22.5 Å². The van der Waals surface area contributed by atoms with Crippen molar-refractivity contribution >= 4 is 35.5 Å². The molecule has 11 heteroatoms. The number of nitrogens with zero attached hydrogens (tertiary/aromatic N) is 5. The highest BCUT2D eigenvalue weighted by molar-refractivity contribution is 6.01. The fourth-order valence-electron chi connectivity index (χ4n) is 3.67. The van der Waals surface area contributed by atoms with Crippen molar-refractivity contribution < 1.29 is 19.1 Å². The van der Waals surface area contributed by atoms with Gasteiger partial charge >= 0.3 is 6.03 Å². The van der Waals surface area contributed by atoms with Crippen LogP contribution in [0.4, 0.5) is 22.1 Å². The van der Waals surface area contributed by atoms with Gasteiger partial charge in [0.05, 0.1) is 16.9 Å². The van der Waals surface area contributed by atoms with Crippen LogP contribution in [-0.4, -0.2) is 65.9 Å².